The number of unbranched alkanes of at least 4 members (excludes halogenated alkanes) is 1. The number of anilines is 1. The SMILES string of the molecule is CCCCNC(=O)[C@H](CC)N(Cc1ccccc1C)C(=O)CN(c1ccccc1C(C)C)S(C)(=O)=O. The van der Waals surface area contributed by atoms with Crippen LogP contribution >= 0.6 is 0 Å². The van der Waals surface area contributed by atoms with E-state index in [0.29, 0.717) is 18.7 Å². The van der Waals surface area contributed by atoms with Crippen molar-refractivity contribution in [2.75, 3.05) is 23.7 Å². The van der Waals surface area contributed by atoms with E-state index in [4.69, 9.17) is 0 Å². The highest BCUT2D eigenvalue weighted by Crippen LogP contribution is 2.29. The lowest BCUT2D eigenvalue weighted by Gasteiger charge is -2.33. The zero-order valence-corrected chi connectivity index (χ0v) is 23.3. The van der Waals surface area contributed by atoms with Gasteiger partial charge in [0.25, 0.3) is 0 Å². The van der Waals surface area contributed by atoms with Crippen molar-refractivity contribution in [3.05, 3.63) is 65.2 Å². The van der Waals surface area contributed by atoms with E-state index in [9.17, 15) is 18.0 Å². The maximum absolute atomic E-state index is 13.8. The number of amides is 2. The van der Waals surface area contributed by atoms with Crippen LogP contribution in [-0.4, -0.2) is 50.5 Å². The number of carbonyl (C=O) groups excluding carboxylic acids is 2. The molecule has 1 atom stereocenters. The first-order chi connectivity index (χ1) is 17.0. The summed E-state index contributed by atoms with van der Waals surface area (Å²) in [6.07, 6.45) is 3.32. The summed E-state index contributed by atoms with van der Waals surface area (Å²) >= 11 is 0. The fourth-order valence-electron chi connectivity index (χ4n) is 4.19. The van der Waals surface area contributed by atoms with Gasteiger partial charge in [0.1, 0.15) is 12.6 Å². The van der Waals surface area contributed by atoms with Crippen LogP contribution in [0.2, 0.25) is 0 Å². The summed E-state index contributed by atoms with van der Waals surface area (Å²) < 4.78 is 27.0. The van der Waals surface area contributed by atoms with Crippen LogP contribution in [0.25, 0.3) is 0 Å². The number of nitrogens with zero attached hydrogens (tertiary/aromatic N) is 2. The molecule has 198 valence electrons. The van der Waals surface area contributed by atoms with Crippen LogP contribution in [0.1, 0.15) is 69.6 Å². The number of para-hydroxylation sites is 1. The number of hydrogen-bond acceptors (Lipinski definition) is 4. The Morgan fingerprint density at radius 2 is 1.64 bits per heavy atom. The number of rotatable bonds is 13. The van der Waals surface area contributed by atoms with Gasteiger partial charge in [-0.05, 0) is 48.4 Å². The molecule has 0 heterocycles. The molecule has 2 aromatic carbocycles. The average Bonchev–Trinajstić information content (AvgIpc) is 2.82. The third-order valence-electron chi connectivity index (χ3n) is 6.32. The van der Waals surface area contributed by atoms with Crippen LogP contribution < -0.4 is 9.62 Å². The Morgan fingerprint density at radius 3 is 2.22 bits per heavy atom. The molecule has 2 rings (SSSR count). The smallest absolute Gasteiger partial charge is 0.244 e. The summed E-state index contributed by atoms with van der Waals surface area (Å²) in [6.45, 7) is 10.2. The van der Waals surface area contributed by atoms with Crippen LogP contribution in [0, 0.1) is 6.92 Å². The van der Waals surface area contributed by atoms with Crippen LogP contribution in [0.3, 0.4) is 0 Å². The highest BCUT2D eigenvalue weighted by atomic mass is 32.2. The molecule has 0 unspecified atom stereocenters. The maximum atomic E-state index is 13.8. The normalized spacial score (nSPS) is 12.3. The van der Waals surface area contributed by atoms with Gasteiger partial charge in [0.05, 0.1) is 11.9 Å². The van der Waals surface area contributed by atoms with Crippen LogP contribution in [0.15, 0.2) is 48.5 Å². The van der Waals surface area contributed by atoms with E-state index in [2.05, 4.69) is 5.32 Å². The van der Waals surface area contributed by atoms with Gasteiger partial charge in [-0.1, -0.05) is 76.6 Å². The Bertz CT molecular complexity index is 1130. The van der Waals surface area contributed by atoms with Gasteiger partial charge in [0.15, 0.2) is 0 Å². The van der Waals surface area contributed by atoms with Crippen molar-refractivity contribution in [3.8, 4) is 0 Å². The molecular formula is C28H41N3O4S. The zero-order chi connectivity index (χ0) is 26.9. The summed E-state index contributed by atoms with van der Waals surface area (Å²) in [4.78, 5) is 28.5. The number of hydrogen-bond donors (Lipinski definition) is 1. The fourth-order valence-corrected chi connectivity index (χ4v) is 5.06. The minimum absolute atomic E-state index is 0.0661. The first kappa shape index (κ1) is 29.4. The third kappa shape index (κ3) is 7.82. The predicted molar refractivity (Wildman–Crippen MR) is 146 cm³/mol. The highest BCUT2D eigenvalue weighted by Gasteiger charge is 2.32. The number of benzene rings is 2. The highest BCUT2D eigenvalue weighted by molar-refractivity contribution is 7.92. The molecule has 7 nitrogen and oxygen atoms in total. The summed E-state index contributed by atoms with van der Waals surface area (Å²) in [5, 5.41) is 2.94. The van der Waals surface area contributed by atoms with Crippen molar-refractivity contribution >= 4 is 27.5 Å². The largest absolute Gasteiger partial charge is 0.354 e. The third-order valence-corrected chi connectivity index (χ3v) is 7.45. The molecule has 1 N–H and O–H groups in total. The van der Waals surface area contributed by atoms with E-state index >= 15 is 0 Å². The Labute approximate surface area is 216 Å². The minimum atomic E-state index is -3.77. The van der Waals surface area contributed by atoms with Gasteiger partial charge in [-0.3, -0.25) is 13.9 Å². The van der Waals surface area contributed by atoms with Gasteiger partial charge in [-0.25, -0.2) is 8.42 Å². The van der Waals surface area contributed by atoms with Gasteiger partial charge in [-0.15, -0.1) is 0 Å². The van der Waals surface area contributed by atoms with Crippen molar-refractivity contribution in [1.82, 2.24) is 10.2 Å². The van der Waals surface area contributed by atoms with E-state index in [0.717, 1.165) is 40.1 Å². The number of sulfonamides is 1. The molecule has 0 aliphatic heterocycles. The van der Waals surface area contributed by atoms with Crippen LogP contribution in [0.5, 0.6) is 0 Å². The molecule has 0 saturated carbocycles. The summed E-state index contributed by atoms with van der Waals surface area (Å²) in [6, 6.07) is 14.2. The molecule has 0 aliphatic carbocycles. The van der Waals surface area contributed by atoms with Gasteiger partial charge in [-0.2, -0.15) is 0 Å². The summed E-state index contributed by atoms with van der Waals surface area (Å²) in [7, 11) is -3.77. The Kier molecular flexibility index (Phi) is 11.0. The van der Waals surface area contributed by atoms with E-state index < -0.39 is 22.0 Å². The quantitative estimate of drug-likeness (QED) is 0.395. The van der Waals surface area contributed by atoms with Crippen molar-refractivity contribution in [2.24, 2.45) is 0 Å². The average molecular weight is 516 g/mol. The van der Waals surface area contributed by atoms with Gasteiger partial charge >= 0.3 is 0 Å². The Balaban J connectivity index is 2.48. The van der Waals surface area contributed by atoms with E-state index in [-0.39, 0.29) is 24.9 Å². The zero-order valence-electron chi connectivity index (χ0n) is 22.5. The van der Waals surface area contributed by atoms with Gasteiger partial charge < -0.3 is 10.2 Å². The monoisotopic (exact) mass is 515 g/mol. The molecule has 0 bridgehead atoms. The molecule has 0 spiro atoms. The van der Waals surface area contributed by atoms with E-state index in [1.165, 1.54) is 4.90 Å². The van der Waals surface area contributed by atoms with Gasteiger partial charge in [0.2, 0.25) is 21.8 Å². The molecule has 0 saturated heterocycles. The number of carbonyl (C=O) groups is 2. The standard InChI is InChI=1S/C28H41N3O4S/c1-7-9-18-29-28(33)25(8-2)30(19-23-15-11-10-14-22(23)5)27(32)20-31(36(6,34)35)26-17-13-12-16-24(26)21(3)4/h10-17,21,25H,7-9,18-20H2,1-6H3,(H,29,33)/t25-/m0/s1. The lowest BCUT2D eigenvalue weighted by molar-refractivity contribution is -0.140. The minimum Gasteiger partial charge on any atom is -0.354 e. The van der Waals surface area contributed by atoms with Crippen LogP contribution in [0.4, 0.5) is 5.69 Å². The molecule has 0 fully saturated rings. The van der Waals surface area contributed by atoms with Gasteiger partial charge in [0, 0.05) is 13.1 Å². The van der Waals surface area contributed by atoms with Crippen molar-refractivity contribution in [2.45, 2.75) is 72.4 Å². The predicted octanol–water partition coefficient (Wildman–Crippen LogP) is 4.61. The molecule has 0 aromatic heterocycles. The Morgan fingerprint density at radius 1 is 1.00 bits per heavy atom. The molecule has 36 heavy (non-hydrogen) atoms. The van der Waals surface area contributed by atoms with Crippen molar-refractivity contribution in [1.29, 1.82) is 0 Å². The van der Waals surface area contributed by atoms with E-state index in [1.807, 2.05) is 71.0 Å². The lowest BCUT2D eigenvalue weighted by atomic mass is 10.0. The molecule has 0 aliphatic rings. The Hall–Kier alpha value is -2.87. The molecule has 0 radical (unpaired) electrons. The summed E-state index contributed by atoms with van der Waals surface area (Å²) in [5.41, 5.74) is 3.24. The second kappa shape index (κ2) is 13.4. The molecule has 2 aromatic rings. The summed E-state index contributed by atoms with van der Waals surface area (Å²) in [5.74, 6) is -0.572. The molecular weight excluding hydrogens is 474 g/mol. The molecule has 2 amide bonds. The van der Waals surface area contributed by atoms with Crippen molar-refractivity contribution < 1.29 is 18.0 Å². The lowest BCUT2D eigenvalue weighted by Crippen LogP contribution is -2.52. The van der Waals surface area contributed by atoms with Crippen molar-refractivity contribution in [3.63, 3.8) is 0 Å². The van der Waals surface area contributed by atoms with E-state index in [1.54, 1.807) is 12.1 Å². The second-order valence-electron chi connectivity index (χ2n) is 9.50. The first-order valence-corrected chi connectivity index (χ1v) is 14.5. The number of nitrogens with one attached hydrogen (secondary N) is 1. The maximum Gasteiger partial charge on any atom is 0.244 e. The second-order valence-corrected chi connectivity index (χ2v) is 11.4. The molecule has 8 heteroatoms. The first-order valence-electron chi connectivity index (χ1n) is 12.7. The van der Waals surface area contributed by atoms with Crippen LogP contribution in [-0.2, 0) is 26.2 Å². The fraction of sp³-hybridized carbons (Fsp3) is 0.500. The topological polar surface area (TPSA) is 86.8 Å². The number of aryl methyl sites for hydroxylation is 1.